The van der Waals surface area contributed by atoms with Crippen LogP contribution in [0.4, 0.5) is 0 Å². The predicted molar refractivity (Wildman–Crippen MR) is 92.4 cm³/mol. The van der Waals surface area contributed by atoms with Gasteiger partial charge in [-0.05, 0) is 30.1 Å². The van der Waals surface area contributed by atoms with Gasteiger partial charge in [0.1, 0.15) is 0 Å². The molecular weight excluding hydrogens is 326 g/mol. The van der Waals surface area contributed by atoms with Crippen molar-refractivity contribution in [1.82, 2.24) is 13.7 Å². The van der Waals surface area contributed by atoms with E-state index in [-0.39, 0.29) is 26.2 Å². The maximum atomic E-state index is 12.4. The second kappa shape index (κ2) is 9.96. The van der Waals surface area contributed by atoms with E-state index in [4.69, 9.17) is 5.11 Å². The number of nitrogens with zero attached hydrogens (tertiary/aromatic N) is 3. The fraction of sp³-hybridized carbons (Fsp3) is 0.769. The van der Waals surface area contributed by atoms with Crippen molar-refractivity contribution in [2.75, 3.05) is 23.9 Å². The van der Waals surface area contributed by atoms with Gasteiger partial charge in [0, 0.05) is 13.1 Å². The van der Waals surface area contributed by atoms with E-state index in [1.165, 1.54) is 0 Å². The minimum Gasteiger partial charge on any atom is -0.395 e. The molecule has 0 radical (unpaired) electrons. The standard InChI is InChI=1S/C13H23N3O4S2/c1-2-22-10-4-6-15-11(18)14(5-3-9-21)12(19)16(7-8-17)13(15)20/h17,21H,2-10H2,1H3. The Morgan fingerprint density at radius 2 is 1.45 bits per heavy atom. The summed E-state index contributed by atoms with van der Waals surface area (Å²) in [6, 6.07) is 0. The second-order valence-electron chi connectivity index (χ2n) is 4.65. The highest BCUT2D eigenvalue weighted by molar-refractivity contribution is 7.99. The highest BCUT2D eigenvalue weighted by atomic mass is 32.2. The van der Waals surface area contributed by atoms with Crippen LogP contribution in [-0.2, 0) is 19.6 Å². The van der Waals surface area contributed by atoms with Gasteiger partial charge in [0.15, 0.2) is 0 Å². The quantitative estimate of drug-likeness (QED) is 0.444. The molecule has 9 heteroatoms. The molecule has 0 saturated heterocycles. The molecule has 1 aromatic heterocycles. The van der Waals surface area contributed by atoms with Gasteiger partial charge >= 0.3 is 17.1 Å². The van der Waals surface area contributed by atoms with Crippen molar-refractivity contribution >= 4 is 24.4 Å². The molecule has 0 bridgehead atoms. The SMILES string of the molecule is CCSCCCn1c(=O)n(CCO)c(=O)n(CCCS)c1=O. The molecule has 0 atom stereocenters. The first kappa shape index (κ1) is 19.1. The Morgan fingerprint density at radius 1 is 0.955 bits per heavy atom. The van der Waals surface area contributed by atoms with Crippen LogP contribution in [0.5, 0.6) is 0 Å². The third kappa shape index (κ3) is 4.79. The largest absolute Gasteiger partial charge is 0.395 e. The molecule has 1 N–H and O–H groups in total. The lowest BCUT2D eigenvalue weighted by molar-refractivity contribution is 0.264. The number of aliphatic hydroxyl groups is 1. The van der Waals surface area contributed by atoms with E-state index in [1.807, 2.05) is 6.92 Å². The van der Waals surface area contributed by atoms with Crippen LogP contribution in [0.1, 0.15) is 19.8 Å². The number of rotatable bonds is 10. The summed E-state index contributed by atoms with van der Waals surface area (Å²) in [5.74, 6) is 2.36. The Bertz CT molecular complexity index is 636. The Hall–Kier alpha value is -0.930. The predicted octanol–water partition coefficient (Wildman–Crippen LogP) is -0.373. The van der Waals surface area contributed by atoms with E-state index < -0.39 is 17.1 Å². The van der Waals surface area contributed by atoms with Crippen LogP contribution in [0.3, 0.4) is 0 Å². The maximum Gasteiger partial charge on any atom is 0.336 e. The topological polar surface area (TPSA) is 86.2 Å². The zero-order valence-electron chi connectivity index (χ0n) is 12.7. The van der Waals surface area contributed by atoms with Gasteiger partial charge < -0.3 is 5.11 Å². The van der Waals surface area contributed by atoms with E-state index in [2.05, 4.69) is 12.6 Å². The monoisotopic (exact) mass is 349 g/mol. The van der Waals surface area contributed by atoms with Crippen LogP contribution in [0, 0.1) is 0 Å². The van der Waals surface area contributed by atoms with Gasteiger partial charge in [-0.2, -0.15) is 24.4 Å². The maximum absolute atomic E-state index is 12.4. The molecule has 0 fully saturated rings. The lowest BCUT2D eigenvalue weighted by Crippen LogP contribution is -2.55. The van der Waals surface area contributed by atoms with Crippen LogP contribution >= 0.6 is 24.4 Å². The zero-order valence-corrected chi connectivity index (χ0v) is 14.4. The van der Waals surface area contributed by atoms with Crippen LogP contribution in [0.15, 0.2) is 14.4 Å². The van der Waals surface area contributed by atoms with Gasteiger partial charge in [-0.3, -0.25) is 0 Å². The molecule has 1 aromatic rings. The molecular formula is C13H23N3O4S2. The number of hydrogen-bond donors (Lipinski definition) is 2. The molecule has 0 aromatic carbocycles. The van der Waals surface area contributed by atoms with Crippen molar-refractivity contribution < 1.29 is 5.11 Å². The Labute approximate surface area is 138 Å². The average Bonchev–Trinajstić information content (AvgIpc) is 2.51. The van der Waals surface area contributed by atoms with E-state index in [0.717, 1.165) is 25.2 Å². The third-order valence-electron chi connectivity index (χ3n) is 3.12. The van der Waals surface area contributed by atoms with Crippen LogP contribution in [0.2, 0.25) is 0 Å². The summed E-state index contributed by atoms with van der Waals surface area (Å²) in [5, 5.41) is 9.03. The van der Waals surface area contributed by atoms with Crippen molar-refractivity contribution in [3.8, 4) is 0 Å². The number of hydrogen-bond acceptors (Lipinski definition) is 6. The summed E-state index contributed by atoms with van der Waals surface area (Å²) in [6.45, 7) is 2.10. The van der Waals surface area contributed by atoms with Crippen LogP contribution < -0.4 is 17.1 Å². The van der Waals surface area contributed by atoms with Crippen molar-refractivity contribution in [2.24, 2.45) is 0 Å². The lowest BCUT2D eigenvalue weighted by atomic mass is 10.4. The molecule has 0 spiro atoms. The normalized spacial score (nSPS) is 11.0. The number of thiol groups is 1. The second-order valence-corrected chi connectivity index (χ2v) is 6.49. The highest BCUT2D eigenvalue weighted by Crippen LogP contribution is 2.00. The molecule has 126 valence electrons. The molecule has 1 heterocycles. The summed E-state index contributed by atoms with van der Waals surface area (Å²) in [6.07, 6.45) is 1.23. The molecule has 0 aliphatic heterocycles. The summed E-state index contributed by atoms with van der Waals surface area (Å²) < 4.78 is 3.07. The van der Waals surface area contributed by atoms with Gasteiger partial charge in [-0.1, -0.05) is 6.92 Å². The van der Waals surface area contributed by atoms with Gasteiger partial charge in [0.2, 0.25) is 0 Å². The molecule has 0 aliphatic rings. The van der Waals surface area contributed by atoms with Crippen LogP contribution in [0.25, 0.3) is 0 Å². The van der Waals surface area contributed by atoms with E-state index in [9.17, 15) is 14.4 Å². The molecule has 1 rings (SSSR count). The summed E-state index contributed by atoms with van der Waals surface area (Å²) in [7, 11) is 0. The van der Waals surface area contributed by atoms with E-state index in [1.54, 1.807) is 11.8 Å². The van der Waals surface area contributed by atoms with Crippen LogP contribution in [-0.4, -0.2) is 42.7 Å². The minimum absolute atomic E-state index is 0.109. The Kier molecular flexibility index (Phi) is 8.66. The number of thioether (sulfide) groups is 1. The van der Waals surface area contributed by atoms with Crippen molar-refractivity contribution in [3.05, 3.63) is 31.5 Å². The van der Waals surface area contributed by atoms with Crippen molar-refractivity contribution in [2.45, 2.75) is 39.4 Å². The first-order valence-corrected chi connectivity index (χ1v) is 9.11. The van der Waals surface area contributed by atoms with E-state index in [0.29, 0.717) is 18.6 Å². The molecule has 0 amide bonds. The Morgan fingerprint density at radius 3 is 1.91 bits per heavy atom. The number of aliphatic hydroxyl groups excluding tert-OH is 1. The first-order valence-electron chi connectivity index (χ1n) is 7.32. The van der Waals surface area contributed by atoms with Gasteiger partial charge in [-0.25, -0.2) is 28.1 Å². The number of aromatic nitrogens is 3. The zero-order chi connectivity index (χ0) is 16.5. The summed E-state index contributed by atoms with van der Waals surface area (Å²) in [4.78, 5) is 36.8. The summed E-state index contributed by atoms with van der Waals surface area (Å²) >= 11 is 5.81. The molecule has 0 aliphatic carbocycles. The molecule has 0 saturated carbocycles. The third-order valence-corrected chi connectivity index (χ3v) is 4.43. The highest BCUT2D eigenvalue weighted by Gasteiger charge is 2.14. The molecule has 7 nitrogen and oxygen atoms in total. The minimum atomic E-state index is -0.662. The molecule has 0 unspecified atom stereocenters. The van der Waals surface area contributed by atoms with Gasteiger partial charge in [0.25, 0.3) is 0 Å². The summed E-state index contributed by atoms with van der Waals surface area (Å²) in [5.41, 5.74) is -1.88. The average molecular weight is 349 g/mol. The van der Waals surface area contributed by atoms with E-state index >= 15 is 0 Å². The van der Waals surface area contributed by atoms with Crippen molar-refractivity contribution in [1.29, 1.82) is 0 Å². The van der Waals surface area contributed by atoms with Gasteiger partial charge in [-0.15, -0.1) is 0 Å². The van der Waals surface area contributed by atoms with Crippen molar-refractivity contribution in [3.63, 3.8) is 0 Å². The Balaban J connectivity index is 3.23. The fourth-order valence-electron chi connectivity index (χ4n) is 2.05. The molecule has 22 heavy (non-hydrogen) atoms. The smallest absolute Gasteiger partial charge is 0.336 e. The first-order chi connectivity index (χ1) is 10.6. The fourth-order valence-corrected chi connectivity index (χ4v) is 2.82. The van der Waals surface area contributed by atoms with Gasteiger partial charge in [0.05, 0.1) is 13.2 Å². The lowest BCUT2D eigenvalue weighted by Gasteiger charge is -2.13.